The highest BCUT2D eigenvalue weighted by Crippen LogP contribution is 2.49. The van der Waals surface area contributed by atoms with Gasteiger partial charge in [0.2, 0.25) is 0 Å². The Morgan fingerprint density at radius 3 is 2.20 bits per heavy atom. The van der Waals surface area contributed by atoms with Crippen molar-refractivity contribution in [1.82, 2.24) is 4.98 Å². The molecule has 1 amide bonds. The molecule has 6 nitrogen and oxygen atoms in total. The summed E-state index contributed by atoms with van der Waals surface area (Å²) in [5, 5.41) is 4.44. The highest BCUT2D eigenvalue weighted by molar-refractivity contribution is 6.31. The Labute approximate surface area is 236 Å². The van der Waals surface area contributed by atoms with Gasteiger partial charge in [-0.1, -0.05) is 96.5 Å². The Morgan fingerprint density at radius 1 is 0.900 bits per heavy atom. The van der Waals surface area contributed by atoms with E-state index in [1.807, 2.05) is 78.9 Å². The maximum absolute atomic E-state index is 12.9. The van der Waals surface area contributed by atoms with Crippen molar-refractivity contribution >= 4 is 40.9 Å². The fourth-order valence-corrected chi connectivity index (χ4v) is 5.46. The lowest BCUT2D eigenvalue weighted by molar-refractivity contribution is -0.136. The third-order valence-corrected chi connectivity index (χ3v) is 7.80. The average Bonchev–Trinajstić information content (AvgIpc) is 3.66. The van der Waals surface area contributed by atoms with E-state index in [1.54, 1.807) is 13.0 Å². The summed E-state index contributed by atoms with van der Waals surface area (Å²) < 4.78 is 11.0. The van der Waals surface area contributed by atoms with Crippen molar-refractivity contribution in [2.75, 3.05) is 5.32 Å². The summed E-state index contributed by atoms with van der Waals surface area (Å²) in [5.74, 6) is 0.555. The number of benzene rings is 4. The van der Waals surface area contributed by atoms with E-state index in [-0.39, 0.29) is 0 Å². The van der Waals surface area contributed by atoms with E-state index in [4.69, 9.17) is 21.1 Å². The monoisotopic (exact) mass is 550 g/mol. The van der Waals surface area contributed by atoms with Crippen LogP contribution in [-0.2, 0) is 19.9 Å². The number of ether oxygens (including phenoxy) is 2. The summed E-state index contributed by atoms with van der Waals surface area (Å²) in [6.45, 7) is 2.32. The van der Waals surface area contributed by atoms with Gasteiger partial charge in [-0.05, 0) is 54.2 Å². The first kappa shape index (κ1) is 25.7. The molecule has 0 unspecified atom stereocenters. The normalized spacial score (nSPS) is 14.3. The summed E-state index contributed by atoms with van der Waals surface area (Å²) in [6, 6.07) is 31.6. The molecule has 0 aliphatic heterocycles. The standard InChI is InChI=1S/C33H27ClN2O4/c1-21(26-6-2-4-8-28(26)34)40-32(38)36-31-30(27-7-3-5-9-29(27)35-31)24-12-10-22(11-13-24)23-14-16-25(17-15-23)33(18-19-33)39-20-37/h2-17,20-21,35H,18-19H2,1H3,(H,36,38)/t21-/m1/s1. The van der Waals surface area contributed by atoms with E-state index in [2.05, 4.69) is 22.4 Å². The molecule has 200 valence electrons. The number of aromatic amines is 1. The molecule has 0 bridgehead atoms. The predicted octanol–water partition coefficient (Wildman–Crippen LogP) is 8.63. The first-order chi connectivity index (χ1) is 19.5. The Hall–Kier alpha value is -4.55. The topological polar surface area (TPSA) is 80.4 Å². The summed E-state index contributed by atoms with van der Waals surface area (Å²) in [6.07, 6.45) is 0.608. The number of anilines is 1. The highest BCUT2D eigenvalue weighted by atomic mass is 35.5. The van der Waals surface area contributed by atoms with Crippen LogP contribution in [0.3, 0.4) is 0 Å². The molecule has 40 heavy (non-hydrogen) atoms. The molecule has 5 aromatic rings. The van der Waals surface area contributed by atoms with Crippen LogP contribution >= 0.6 is 11.6 Å². The molecule has 1 aromatic heterocycles. The zero-order valence-electron chi connectivity index (χ0n) is 21.8. The SMILES string of the molecule is C[C@@H](OC(=O)Nc1[nH]c2ccccc2c1-c1ccc(-c2ccc(C3(OC=O)CC3)cc2)cc1)c1ccccc1Cl. The molecule has 1 aliphatic rings. The minimum atomic E-state index is -0.580. The predicted molar refractivity (Wildman–Crippen MR) is 157 cm³/mol. The molecule has 0 saturated heterocycles. The summed E-state index contributed by atoms with van der Waals surface area (Å²) in [4.78, 5) is 27.1. The third-order valence-electron chi connectivity index (χ3n) is 7.46. The quantitative estimate of drug-likeness (QED) is 0.189. The Morgan fingerprint density at radius 2 is 1.52 bits per heavy atom. The zero-order chi connectivity index (χ0) is 27.7. The number of hydrogen-bond acceptors (Lipinski definition) is 4. The average molecular weight is 551 g/mol. The molecule has 6 rings (SSSR count). The van der Waals surface area contributed by atoms with Crippen LogP contribution in [-0.4, -0.2) is 17.5 Å². The van der Waals surface area contributed by atoms with Crippen molar-refractivity contribution in [1.29, 1.82) is 0 Å². The number of nitrogens with one attached hydrogen (secondary N) is 2. The van der Waals surface area contributed by atoms with Gasteiger partial charge < -0.3 is 14.5 Å². The van der Waals surface area contributed by atoms with Gasteiger partial charge in [-0.2, -0.15) is 0 Å². The van der Waals surface area contributed by atoms with Gasteiger partial charge in [0.1, 0.15) is 17.5 Å². The molecule has 1 saturated carbocycles. The molecule has 1 fully saturated rings. The van der Waals surface area contributed by atoms with E-state index >= 15 is 0 Å². The Bertz CT molecular complexity index is 1690. The van der Waals surface area contributed by atoms with Crippen molar-refractivity contribution < 1.29 is 19.1 Å². The van der Waals surface area contributed by atoms with Crippen molar-refractivity contribution in [3.05, 3.63) is 113 Å². The van der Waals surface area contributed by atoms with Crippen LogP contribution in [0.1, 0.15) is 37.0 Å². The second-order valence-corrected chi connectivity index (χ2v) is 10.4. The smallest absolute Gasteiger partial charge is 0.413 e. The molecular weight excluding hydrogens is 524 g/mol. The molecule has 1 atom stereocenters. The molecule has 4 aromatic carbocycles. The number of rotatable bonds is 8. The van der Waals surface area contributed by atoms with Crippen LogP contribution in [0.15, 0.2) is 97.1 Å². The van der Waals surface area contributed by atoms with Crippen molar-refractivity contribution in [2.24, 2.45) is 0 Å². The van der Waals surface area contributed by atoms with Crippen LogP contribution in [0.2, 0.25) is 5.02 Å². The van der Waals surface area contributed by atoms with Gasteiger partial charge in [-0.15, -0.1) is 0 Å². The fraction of sp³-hybridized carbons (Fsp3) is 0.152. The van der Waals surface area contributed by atoms with E-state index in [0.29, 0.717) is 17.3 Å². The lowest BCUT2D eigenvalue weighted by Crippen LogP contribution is -2.16. The number of carbonyl (C=O) groups excluding carboxylic acids is 2. The third kappa shape index (κ3) is 4.94. The van der Waals surface area contributed by atoms with Crippen LogP contribution in [0.5, 0.6) is 0 Å². The second kappa shape index (κ2) is 10.5. The Kier molecular flexibility index (Phi) is 6.78. The van der Waals surface area contributed by atoms with Crippen molar-refractivity contribution in [2.45, 2.75) is 31.5 Å². The molecule has 1 heterocycles. The van der Waals surface area contributed by atoms with E-state index in [1.165, 1.54) is 0 Å². The number of H-pyrrole nitrogens is 1. The van der Waals surface area contributed by atoms with Gasteiger partial charge in [0, 0.05) is 27.1 Å². The van der Waals surface area contributed by atoms with Crippen molar-refractivity contribution in [3.63, 3.8) is 0 Å². The van der Waals surface area contributed by atoms with Crippen LogP contribution < -0.4 is 5.32 Å². The number of aromatic nitrogens is 1. The van der Waals surface area contributed by atoms with Gasteiger partial charge in [0.15, 0.2) is 0 Å². The van der Waals surface area contributed by atoms with Gasteiger partial charge in [0.25, 0.3) is 6.47 Å². The van der Waals surface area contributed by atoms with Crippen molar-refractivity contribution in [3.8, 4) is 22.3 Å². The molecule has 7 heteroatoms. The van der Waals surface area contributed by atoms with E-state index < -0.39 is 17.8 Å². The first-order valence-electron chi connectivity index (χ1n) is 13.1. The fourth-order valence-electron chi connectivity index (χ4n) is 5.17. The molecule has 1 aliphatic carbocycles. The zero-order valence-corrected chi connectivity index (χ0v) is 22.6. The number of amides is 1. The van der Waals surface area contributed by atoms with Crippen LogP contribution in [0.25, 0.3) is 33.2 Å². The highest BCUT2D eigenvalue weighted by Gasteiger charge is 2.46. The van der Waals surface area contributed by atoms with E-state index in [9.17, 15) is 9.59 Å². The van der Waals surface area contributed by atoms with Crippen LogP contribution in [0.4, 0.5) is 10.6 Å². The molecular formula is C33H27ClN2O4. The van der Waals surface area contributed by atoms with Crippen LogP contribution in [0, 0.1) is 0 Å². The summed E-state index contributed by atoms with van der Waals surface area (Å²) >= 11 is 6.29. The lowest BCUT2D eigenvalue weighted by Gasteiger charge is -2.16. The second-order valence-electron chi connectivity index (χ2n) is 9.98. The summed E-state index contributed by atoms with van der Waals surface area (Å²) in [7, 11) is 0. The summed E-state index contributed by atoms with van der Waals surface area (Å²) in [5.41, 5.74) is 6.15. The lowest BCUT2D eigenvalue weighted by atomic mass is 9.97. The van der Waals surface area contributed by atoms with Gasteiger partial charge in [-0.3, -0.25) is 10.1 Å². The first-order valence-corrected chi connectivity index (χ1v) is 13.5. The maximum Gasteiger partial charge on any atom is 0.413 e. The minimum absolute atomic E-state index is 0.449. The van der Waals surface area contributed by atoms with E-state index in [0.717, 1.165) is 57.1 Å². The van der Waals surface area contributed by atoms with Gasteiger partial charge >= 0.3 is 6.09 Å². The molecule has 0 spiro atoms. The largest absolute Gasteiger partial charge is 0.456 e. The number of halogens is 1. The Balaban J connectivity index is 1.25. The minimum Gasteiger partial charge on any atom is -0.456 e. The maximum atomic E-state index is 12.9. The van der Waals surface area contributed by atoms with Gasteiger partial charge in [-0.25, -0.2) is 4.79 Å². The number of fused-ring (bicyclic) bond motifs is 1. The van der Waals surface area contributed by atoms with Gasteiger partial charge in [0.05, 0.1) is 0 Å². The molecule has 2 N–H and O–H groups in total. The molecule has 0 radical (unpaired) electrons. The number of hydrogen-bond donors (Lipinski definition) is 2. The number of para-hydroxylation sites is 1. The number of carbonyl (C=O) groups is 2.